The first kappa shape index (κ1) is 15.1. The monoisotopic (exact) mass is 282 g/mol. The normalized spacial score (nSPS) is 23.2. The molecule has 1 unspecified atom stereocenters. The Kier molecular flexibility index (Phi) is 4.55. The van der Waals surface area contributed by atoms with Gasteiger partial charge in [-0.25, -0.2) is 4.79 Å². The molecule has 2 aliphatic rings. The van der Waals surface area contributed by atoms with Crippen LogP contribution in [0.2, 0.25) is 0 Å². The summed E-state index contributed by atoms with van der Waals surface area (Å²) in [5, 5.41) is 12.3. The van der Waals surface area contributed by atoms with Crippen LogP contribution in [0.4, 0.5) is 4.79 Å². The number of likely N-dealkylation sites (tertiary alicyclic amines) is 1. The zero-order valence-corrected chi connectivity index (χ0v) is 12.5. The minimum absolute atomic E-state index is 0.0232. The summed E-state index contributed by atoms with van der Waals surface area (Å²) in [5.41, 5.74) is -0.672. The van der Waals surface area contributed by atoms with Gasteiger partial charge in [-0.05, 0) is 38.5 Å². The molecule has 2 N–H and O–H groups in total. The van der Waals surface area contributed by atoms with Crippen molar-refractivity contribution in [1.82, 2.24) is 10.2 Å². The van der Waals surface area contributed by atoms with E-state index in [-0.39, 0.29) is 12.1 Å². The third kappa shape index (κ3) is 3.64. The molecule has 1 aliphatic carbocycles. The van der Waals surface area contributed by atoms with Crippen molar-refractivity contribution in [2.24, 2.45) is 11.3 Å². The lowest BCUT2D eigenvalue weighted by Crippen LogP contribution is -2.50. The zero-order valence-electron chi connectivity index (χ0n) is 12.5. The van der Waals surface area contributed by atoms with Gasteiger partial charge in [0.2, 0.25) is 0 Å². The summed E-state index contributed by atoms with van der Waals surface area (Å²) in [5.74, 6) is 0.0506. The molecule has 114 valence electrons. The average Bonchev–Trinajstić information content (AvgIpc) is 3.22. The Bertz CT molecular complexity index is 371. The van der Waals surface area contributed by atoms with E-state index in [4.69, 9.17) is 0 Å². The lowest BCUT2D eigenvalue weighted by Gasteiger charge is -2.37. The minimum atomic E-state index is -0.752. The first-order chi connectivity index (χ1) is 9.44. The van der Waals surface area contributed by atoms with Crippen molar-refractivity contribution in [3.8, 4) is 0 Å². The van der Waals surface area contributed by atoms with E-state index >= 15 is 0 Å². The van der Waals surface area contributed by atoms with Gasteiger partial charge in [0, 0.05) is 19.1 Å². The number of nitrogens with one attached hydrogen (secondary N) is 1. The largest absolute Gasteiger partial charge is 0.481 e. The summed E-state index contributed by atoms with van der Waals surface area (Å²) in [6.45, 7) is 4.94. The molecule has 1 aliphatic heterocycles. The molecule has 0 radical (unpaired) electrons. The summed E-state index contributed by atoms with van der Waals surface area (Å²) in [4.78, 5) is 25.2. The van der Waals surface area contributed by atoms with Crippen LogP contribution >= 0.6 is 0 Å². The average molecular weight is 282 g/mol. The summed E-state index contributed by atoms with van der Waals surface area (Å²) in [7, 11) is 0. The van der Waals surface area contributed by atoms with Crippen LogP contribution in [0, 0.1) is 11.3 Å². The number of nitrogens with zero attached hydrogens (tertiary/aromatic N) is 1. The van der Waals surface area contributed by atoms with Crippen LogP contribution in [-0.4, -0.2) is 41.1 Å². The smallest absolute Gasteiger partial charge is 0.317 e. The molecule has 0 aromatic rings. The Morgan fingerprint density at radius 1 is 1.35 bits per heavy atom. The van der Waals surface area contributed by atoms with Gasteiger partial charge in [-0.2, -0.15) is 0 Å². The molecule has 5 nitrogen and oxygen atoms in total. The Balaban J connectivity index is 1.80. The molecule has 2 amide bonds. The van der Waals surface area contributed by atoms with E-state index in [1.54, 1.807) is 11.8 Å². The highest BCUT2D eigenvalue weighted by Crippen LogP contribution is 2.34. The zero-order chi connectivity index (χ0) is 14.8. The highest BCUT2D eigenvalue weighted by Gasteiger charge is 2.38. The third-order valence-electron chi connectivity index (χ3n) is 4.81. The number of hydrogen-bond acceptors (Lipinski definition) is 2. The number of urea groups is 1. The summed E-state index contributed by atoms with van der Waals surface area (Å²) in [6.07, 6.45) is 5.72. The van der Waals surface area contributed by atoms with Crippen molar-refractivity contribution in [1.29, 1.82) is 0 Å². The Morgan fingerprint density at radius 2 is 1.95 bits per heavy atom. The topological polar surface area (TPSA) is 69.6 Å². The van der Waals surface area contributed by atoms with Gasteiger partial charge in [-0.15, -0.1) is 0 Å². The van der Waals surface area contributed by atoms with Crippen LogP contribution in [0.1, 0.15) is 52.4 Å². The lowest BCUT2D eigenvalue weighted by atomic mass is 9.80. The quantitative estimate of drug-likeness (QED) is 0.813. The van der Waals surface area contributed by atoms with Crippen molar-refractivity contribution in [3.63, 3.8) is 0 Å². The van der Waals surface area contributed by atoms with Crippen LogP contribution in [-0.2, 0) is 4.79 Å². The second kappa shape index (κ2) is 6.02. The summed E-state index contributed by atoms with van der Waals surface area (Å²) < 4.78 is 0. The van der Waals surface area contributed by atoms with Gasteiger partial charge in [0.1, 0.15) is 0 Å². The van der Waals surface area contributed by atoms with Gasteiger partial charge in [-0.1, -0.05) is 19.8 Å². The maximum absolute atomic E-state index is 12.2. The SMILES string of the molecule is CCC(CC1CC1)NC(=O)N1CCC(C)(C(=O)O)CC1. The molecule has 0 aromatic carbocycles. The molecule has 0 bridgehead atoms. The van der Waals surface area contributed by atoms with Gasteiger partial charge in [0.15, 0.2) is 0 Å². The Morgan fingerprint density at radius 3 is 2.40 bits per heavy atom. The molecule has 1 atom stereocenters. The van der Waals surface area contributed by atoms with Crippen LogP contribution in [0.15, 0.2) is 0 Å². The second-order valence-electron chi connectivity index (χ2n) is 6.59. The third-order valence-corrected chi connectivity index (χ3v) is 4.81. The van der Waals surface area contributed by atoms with Gasteiger partial charge in [0.25, 0.3) is 0 Å². The molecule has 20 heavy (non-hydrogen) atoms. The van der Waals surface area contributed by atoms with Crippen molar-refractivity contribution < 1.29 is 14.7 Å². The number of rotatable bonds is 5. The van der Waals surface area contributed by atoms with Gasteiger partial charge >= 0.3 is 12.0 Å². The molecular weight excluding hydrogens is 256 g/mol. The molecule has 2 fully saturated rings. The van der Waals surface area contributed by atoms with Crippen molar-refractivity contribution in [3.05, 3.63) is 0 Å². The number of hydrogen-bond donors (Lipinski definition) is 2. The van der Waals surface area contributed by atoms with E-state index in [0.717, 1.165) is 18.8 Å². The van der Waals surface area contributed by atoms with E-state index < -0.39 is 11.4 Å². The first-order valence-corrected chi connectivity index (χ1v) is 7.73. The predicted octanol–water partition coefficient (Wildman–Crippen LogP) is 2.46. The number of carbonyl (C=O) groups is 2. The highest BCUT2D eigenvalue weighted by atomic mass is 16.4. The number of amides is 2. The molecular formula is C15H26N2O3. The number of piperidine rings is 1. The minimum Gasteiger partial charge on any atom is -0.481 e. The van der Waals surface area contributed by atoms with Gasteiger partial charge in [0.05, 0.1) is 5.41 Å². The maximum atomic E-state index is 12.2. The van der Waals surface area contributed by atoms with E-state index in [0.29, 0.717) is 25.9 Å². The maximum Gasteiger partial charge on any atom is 0.317 e. The van der Waals surface area contributed by atoms with Gasteiger partial charge < -0.3 is 15.3 Å². The molecule has 2 rings (SSSR count). The van der Waals surface area contributed by atoms with Crippen molar-refractivity contribution in [2.75, 3.05) is 13.1 Å². The second-order valence-corrected chi connectivity index (χ2v) is 6.59. The Hall–Kier alpha value is -1.26. The fourth-order valence-corrected chi connectivity index (χ4v) is 2.77. The van der Waals surface area contributed by atoms with E-state index in [1.165, 1.54) is 12.8 Å². The molecule has 0 spiro atoms. The van der Waals surface area contributed by atoms with E-state index in [9.17, 15) is 14.7 Å². The van der Waals surface area contributed by atoms with Crippen molar-refractivity contribution >= 4 is 12.0 Å². The van der Waals surface area contributed by atoms with E-state index in [1.807, 2.05) is 0 Å². The number of carbonyl (C=O) groups excluding carboxylic acids is 1. The van der Waals surface area contributed by atoms with Gasteiger partial charge in [-0.3, -0.25) is 4.79 Å². The standard InChI is InChI=1S/C15H26N2O3/c1-3-12(10-11-4-5-11)16-14(20)17-8-6-15(2,7-9-17)13(18)19/h11-12H,3-10H2,1-2H3,(H,16,20)(H,18,19). The molecule has 1 saturated heterocycles. The fraction of sp³-hybridized carbons (Fsp3) is 0.867. The molecule has 0 aromatic heterocycles. The Labute approximate surface area is 120 Å². The van der Waals surface area contributed by atoms with Crippen LogP contribution < -0.4 is 5.32 Å². The number of aliphatic carboxylic acids is 1. The first-order valence-electron chi connectivity index (χ1n) is 7.73. The summed E-state index contributed by atoms with van der Waals surface area (Å²) >= 11 is 0. The molecule has 1 saturated carbocycles. The van der Waals surface area contributed by atoms with Crippen molar-refractivity contribution in [2.45, 2.75) is 58.4 Å². The van der Waals surface area contributed by atoms with Crippen LogP contribution in [0.5, 0.6) is 0 Å². The number of carboxylic acid groups (broad SMARTS) is 1. The predicted molar refractivity (Wildman–Crippen MR) is 76.5 cm³/mol. The lowest BCUT2D eigenvalue weighted by molar-refractivity contribution is -0.150. The summed E-state index contributed by atoms with van der Waals surface area (Å²) in [6, 6.07) is 0.243. The molecule has 5 heteroatoms. The van der Waals surface area contributed by atoms with E-state index in [2.05, 4.69) is 12.2 Å². The van der Waals surface area contributed by atoms with Crippen LogP contribution in [0.25, 0.3) is 0 Å². The fourth-order valence-electron chi connectivity index (χ4n) is 2.77. The van der Waals surface area contributed by atoms with Crippen LogP contribution in [0.3, 0.4) is 0 Å². The highest BCUT2D eigenvalue weighted by molar-refractivity contribution is 5.77. The number of carboxylic acids is 1. The molecule has 1 heterocycles.